The summed E-state index contributed by atoms with van der Waals surface area (Å²) in [5, 5.41) is 0. The molecule has 7 nitrogen and oxygen atoms in total. The molecule has 3 heterocycles. The van der Waals surface area contributed by atoms with E-state index in [0.29, 0.717) is 43.6 Å². The Bertz CT molecular complexity index is 926. The van der Waals surface area contributed by atoms with Gasteiger partial charge in [0.15, 0.2) is 17.3 Å². The van der Waals surface area contributed by atoms with E-state index in [9.17, 15) is 9.18 Å². The molecular formula is C22H25FN2O5. The van der Waals surface area contributed by atoms with Gasteiger partial charge in [0.2, 0.25) is 5.91 Å². The van der Waals surface area contributed by atoms with Crippen LogP contribution in [-0.2, 0) is 20.9 Å². The summed E-state index contributed by atoms with van der Waals surface area (Å²) in [5.41, 5.74) is 0.379. The minimum absolute atomic E-state index is 0.0399. The van der Waals surface area contributed by atoms with Crippen molar-refractivity contribution >= 4 is 5.91 Å². The van der Waals surface area contributed by atoms with E-state index >= 15 is 0 Å². The topological polar surface area (TPSA) is 60.5 Å². The first-order valence-corrected chi connectivity index (χ1v) is 10.2. The van der Waals surface area contributed by atoms with E-state index in [2.05, 4.69) is 6.58 Å². The van der Waals surface area contributed by atoms with Crippen molar-refractivity contribution < 1.29 is 28.1 Å². The van der Waals surface area contributed by atoms with Crippen LogP contribution in [0.15, 0.2) is 36.4 Å². The monoisotopic (exact) mass is 416 g/mol. The second-order valence-corrected chi connectivity index (χ2v) is 8.30. The lowest BCUT2D eigenvalue weighted by Gasteiger charge is -2.21. The number of fused-ring (bicyclic) bond motifs is 2. The van der Waals surface area contributed by atoms with Gasteiger partial charge in [-0.15, -0.1) is 0 Å². The van der Waals surface area contributed by atoms with E-state index in [4.69, 9.17) is 18.9 Å². The Morgan fingerprint density at radius 2 is 2.23 bits per heavy atom. The molecule has 1 aliphatic carbocycles. The molecular weight excluding hydrogens is 391 g/mol. The van der Waals surface area contributed by atoms with Gasteiger partial charge in [0.1, 0.15) is 30.5 Å². The average molecular weight is 416 g/mol. The zero-order valence-corrected chi connectivity index (χ0v) is 17.0. The Hall–Kier alpha value is -2.74. The minimum atomic E-state index is -0.446. The second kappa shape index (κ2) is 7.19. The summed E-state index contributed by atoms with van der Waals surface area (Å²) < 4.78 is 37.5. The van der Waals surface area contributed by atoms with Gasteiger partial charge in [-0.05, 0) is 30.5 Å². The molecule has 1 amide bonds. The average Bonchev–Trinajstić information content (AvgIpc) is 3.22. The van der Waals surface area contributed by atoms with Crippen molar-refractivity contribution in [2.45, 2.75) is 44.4 Å². The van der Waals surface area contributed by atoms with Crippen LogP contribution < -0.4 is 9.47 Å². The van der Waals surface area contributed by atoms with Crippen LogP contribution in [0.1, 0.15) is 31.7 Å². The van der Waals surface area contributed by atoms with Crippen LogP contribution >= 0.6 is 0 Å². The molecule has 0 N–H and O–H groups in total. The summed E-state index contributed by atoms with van der Waals surface area (Å²) in [7, 11) is 0. The fourth-order valence-corrected chi connectivity index (χ4v) is 4.18. The number of benzene rings is 1. The van der Waals surface area contributed by atoms with Gasteiger partial charge in [-0.3, -0.25) is 9.69 Å². The zero-order chi connectivity index (χ0) is 20.9. The molecule has 2 saturated heterocycles. The Balaban J connectivity index is 1.28. The lowest BCUT2D eigenvalue weighted by atomic mass is 10.2. The number of hydrogen-bond donors (Lipinski definition) is 0. The number of amides is 1. The van der Waals surface area contributed by atoms with Crippen molar-refractivity contribution in [3.8, 4) is 11.5 Å². The van der Waals surface area contributed by atoms with Crippen LogP contribution in [0.25, 0.3) is 0 Å². The lowest BCUT2D eigenvalue weighted by Crippen LogP contribution is -2.27. The molecule has 1 saturated carbocycles. The highest BCUT2D eigenvalue weighted by Gasteiger charge is 2.47. The summed E-state index contributed by atoms with van der Waals surface area (Å²) in [6, 6.07) is 3.31. The fraction of sp³-hybridized carbons (Fsp3) is 0.500. The summed E-state index contributed by atoms with van der Waals surface area (Å²) in [5.74, 6) is 1.22. The molecule has 3 aliphatic heterocycles. The van der Waals surface area contributed by atoms with E-state index in [1.807, 2.05) is 4.90 Å². The molecule has 0 bridgehead atoms. The number of nitrogens with zero attached hydrogens (tertiary/aromatic N) is 2. The Labute approximate surface area is 174 Å². The Morgan fingerprint density at radius 1 is 1.40 bits per heavy atom. The van der Waals surface area contributed by atoms with E-state index in [1.54, 1.807) is 17.0 Å². The quantitative estimate of drug-likeness (QED) is 0.704. The maximum atomic E-state index is 14.7. The van der Waals surface area contributed by atoms with Crippen LogP contribution in [0.2, 0.25) is 0 Å². The highest BCUT2D eigenvalue weighted by atomic mass is 19.1. The molecule has 1 aromatic carbocycles. The van der Waals surface area contributed by atoms with Gasteiger partial charge >= 0.3 is 0 Å². The summed E-state index contributed by atoms with van der Waals surface area (Å²) in [6.07, 6.45) is 4.38. The van der Waals surface area contributed by atoms with Crippen LogP contribution in [0.3, 0.4) is 0 Å². The van der Waals surface area contributed by atoms with Gasteiger partial charge in [0.05, 0.1) is 25.8 Å². The third-order valence-corrected chi connectivity index (χ3v) is 6.05. The zero-order valence-electron chi connectivity index (χ0n) is 17.0. The molecule has 1 spiro atoms. The van der Waals surface area contributed by atoms with Crippen molar-refractivity contribution in [2.75, 3.05) is 26.5 Å². The number of halogens is 1. The predicted molar refractivity (Wildman–Crippen MR) is 105 cm³/mol. The summed E-state index contributed by atoms with van der Waals surface area (Å²) in [4.78, 5) is 15.7. The molecule has 0 radical (unpaired) electrons. The number of allylic oxidation sites excluding steroid dienone is 1. The first-order valence-electron chi connectivity index (χ1n) is 10.2. The molecule has 1 atom stereocenters. The molecule has 0 aromatic heterocycles. The molecule has 5 rings (SSSR count). The van der Waals surface area contributed by atoms with Crippen molar-refractivity contribution in [1.82, 2.24) is 9.80 Å². The van der Waals surface area contributed by atoms with Crippen LogP contribution in [0.5, 0.6) is 11.5 Å². The summed E-state index contributed by atoms with van der Waals surface area (Å²) >= 11 is 0. The molecule has 4 aliphatic rings. The van der Waals surface area contributed by atoms with Crippen LogP contribution in [-0.4, -0.2) is 53.8 Å². The molecule has 1 unspecified atom stereocenters. The number of carbonyl (C=O) groups is 1. The normalized spacial score (nSPS) is 24.7. The second-order valence-electron chi connectivity index (χ2n) is 8.30. The minimum Gasteiger partial charge on any atom is -0.489 e. The maximum Gasteiger partial charge on any atom is 0.225 e. The summed E-state index contributed by atoms with van der Waals surface area (Å²) in [6.45, 7) is 7.72. The van der Waals surface area contributed by atoms with Crippen LogP contribution in [0.4, 0.5) is 4.39 Å². The maximum absolute atomic E-state index is 14.7. The lowest BCUT2D eigenvalue weighted by molar-refractivity contribution is -0.126. The highest BCUT2D eigenvalue weighted by molar-refractivity contribution is 5.76. The van der Waals surface area contributed by atoms with E-state index in [0.717, 1.165) is 25.1 Å². The van der Waals surface area contributed by atoms with Crippen molar-refractivity contribution in [2.24, 2.45) is 0 Å². The van der Waals surface area contributed by atoms with Gasteiger partial charge in [0.25, 0.3) is 0 Å². The van der Waals surface area contributed by atoms with E-state index in [1.165, 1.54) is 13.0 Å². The molecule has 8 heteroatoms. The first kappa shape index (κ1) is 19.2. The smallest absolute Gasteiger partial charge is 0.225 e. The molecule has 3 fully saturated rings. The number of carbonyl (C=O) groups excluding carboxylic acids is 1. The van der Waals surface area contributed by atoms with Crippen molar-refractivity contribution in [1.29, 1.82) is 0 Å². The number of hydrogen-bond acceptors (Lipinski definition) is 6. The largest absolute Gasteiger partial charge is 0.489 e. The Kier molecular flexibility index (Phi) is 4.61. The third kappa shape index (κ3) is 3.49. The molecule has 30 heavy (non-hydrogen) atoms. The number of rotatable bonds is 4. The fourth-order valence-electron chi connectivity index (χ4n) is 4.18. The van der Waals surface area contributed by atoms with Gasteiger partial charge in [-0.1, -0.05) is 6.58 Å². The van der Waals surface area contributed by atoms with E-state index in [-0.39, 0.29) is 29.9 Å². The number of ether oxygens (including phenoxy) is 4. The first-order chi connectivity index (χ1) is 14.4. The Morgan fingerprint density at radius 3 is 3.00 bits per heavy atom. The third-order valence-electron chi connectivity index (χ3n) is 6.05. The standard InChI is InChI=1S/C22H25FN2O5/c1-14(7-20-24(15(2)26)10-17-12-27-13-25(17)20)29-11-16-8-18(23)21-19(9-16)28-6-5-22(30-21)3-4-22/h7-9,17H,1,3-6,10-13H2,2H3/b20-7+. The van der Waals surface area contributed by atoms with E-state index < -0.39 is 5.82 Å². The van der Waals surface area contributed by atoms with Crippen LogP contribution in [0, 0.1) is 5.82 Å². The van der Waals surface area contributed by atoms with Gasteiger partial charge in [-0.2, -0.15) is 0 Å². The SMILES string of the molecule is C=C(/C=C1\N(C(C)=O)CC2COCN12)OCc1cc(F)c2c(c1)OCCC1(CC1)O2. The van der Waals surface area contributed by atoms with Gasteiger partial charge in [-0.25, -0.2) is 4.39 Å². The molecule has 160 valence electrons. The van der Waals surface area contributed by atoms with Crippen molar-refractivity contribution in [3.05, 3.63) is 47.7 Å². The van der Waals surface area contributed by atoms with Gasteiger partial charge in [0, 0.05) is 19.4 Å². The van der Waals surface area contributed by atoms with Crippen molar-refractivity contribution in [3.63, 3.8) is 0 Å². The predicted octanol–water partition coefficient (Wildman–Crippen LogP) is 2.91. The van der Waals surface area contributed by atoms with Gasteiger partial charge < -0.3 is 23.8 Å². The molecule has 1 aromatic rings. The highest BCUT2D eigenvalue weighted by Crippen LogP contribution is 2.48.